The highest BCUT2D eigenvalue weighted by atomic mass is 79.9. The smallest absolute Gasteiger partial charge is 0.254 e. The van der Waals surface area contributed by atoms with Gasteiger partial charge in [-0.2, -0.15) is 0 Å². The predicted octanol–water partition coefficient (Wildman–Crippen LogP) is 2.32. The molecular weight excluding hydrogens is 317 g/mol. The maximum absolute atomic E-state index is 13.4. The zero-order chi connectivity index (χ0) is 14.3. The number of amides is 1. The van der Waals surface area contributed by atoms with Crippen LogP contribution in [0.5, 0.6) is 0 Å². The summed E-state index contributed by atoms with van der Waals surface area (Å²) >= 11 is 3.06. The van der Waals surface area contributed by atoms with E-state index in [4.69, 9.17) is 9.47 Å². The first-order chi connectivity index (χ1) is 9.10. The minimum atomic E-state index is -0.454. The molecule has 106 valence electrons. The SMILES string of the molecule is COCCN(CCOC)C(=O)c1ccc(Br)c(F)c1. The second-order valence-electron chi connectivity index (χ2n) is 3.91. The summed E-state index contributed by atoms with van der Waals surface area (Å²) in [7, 11) is 3.14. The molecule has 0 saturated heterocycles. The van der Waals surface area contributed by atoms with Crippen molar-refractivity contribution >= 4 is 21.8 Å². The van der Waals surface area contributed by atoms with Crippen LogP contribution < -0.4 is 0 Å². The molecule has 1 rings (SSSR count). The molecule has 0 bridgehead atoms. The van der Waals surface area contributed by atoms with Crippen molar-refractivity contribution in [2.45, 2.75) is 0 Å². The Bertz CT molecular complexity index is 420. The highest BCUT2D eigenvalue weighted by molar-refractivity contribution is 9.10. The Morgan fingerprint density at radius 3 is 2.32 bits per heavy atom. The number of methoxy groups -OCH3 is 2. The lowest BCUT2D eigenvalue weighted by Crippen LogP contribution is -2.36. The molecule has 0 aliphatic heterocycles. The lowest BCUT2D eigenvalue weighted by molar-refractivity contribution is 0.0627. The van der Waals surface area contributed by atoms with Gasteiger partial charge in [0.05, 0.1) is 17.7 Å². The second-order valence-corrected chi connectivity index (χ2v) is 4.76. The molecule has 0 unspecified atom stereocenters. The Labute approximate surface area is 120 Å². The first-order valence-corrected chi connectivity index (χ1v) is 6.61. The van der Waals surface area contributed by atoms with Crippen molar-refractivity contribution in [2.24, 2.45) is 0 Å². The number of nitrogens with zero attached hydrogens (tertiary/aromatic N) is 1. The Balaban J connectivity index is 2.81. The van der Waals surface area contributed by atoms with Crippen molar-refractivity contribution in [2.75, 3.05) is 40.5 Å². The second kappa shape index (κ2) is 8.24. The highest BCUT2D eigenvalue weighted by Crippen LogP contribution is 2.17. The molecule has 0 heterocycles. The van der Waals surface area contributed by atoms with Gasteiger partial charge in [-0.25, -0.2) is 4.39 Å². The molecule has 1 amide bonds. The number of rotatable bonds is 7. The summed E-state index contributed by atoms with van der Waals surface area (Å²) in [4.78, 5) is 13.8. The van der Waals surface area contributed by atoms with Crippen LogP contribution >= 0.6 is 15.9 Å². The fraction of sp³-hybridized carbons (Fsp3) is 0.462. The molecular formula is C13H17BrFNO3. The Kier molecular flexibility index (Phi) is 6.97. The van der Waals surface area contributed by atoms with Gasteiger partial charge in [0.15, 0.2) is 0 Å². The van der Waals surface area contributed by atoms with Gasteiger partial charge in [-0.15, -0.1) is 0 Å². The highest BCUT2D eigenvalue weighted by Gasteiger charge is 2.16. The molecule has 19 heavy (non-hydrogen) atoms. The summed E-state index contributed by atoms with van der Waals surface area (Å²) in [6.07, 6.45) is 0. The quantitative estimate of drug-likeness (QED) is 0.768. The van der Waals surface area contributed by atoms with E-state index >= 15 is 0 Å². The van der Waals surface area contributed by atoms with Crippen LogP contribution in [0.25, 0.3) is 0 Å². The van der Waals surface area contributed by atoms with Gasteiger partial charge < -0.3 is 14.4 Å². The number of carbonyl (C=O) groups is 1. The minimum Gasteiger partial charge on any atom is -0.383 e. The molecule has 0 N–H and O–H groups in total. The van der Waals surface area contributed by atoms with E-state index in [2.05, 4.69) is 15.9 Å². The molecule has 0 atom stereocenters. The van der Waals surface area contributed by atoms with Crippen molar-refractivity contribution in [3.05, 3.63) is 34.1 Å². The summed E-state index contributed by atoms with van der Waals surface area (Å²) in [6, 6.07) is 4.33. The number of hydrogen-bond donors (Lipinski definition) is 0. The lowest BCUT2D eigenvalue weighted by Gasteiger charge is -2.22. The van der Waals surface area contributed by atoms with Crippen molar-refractivity contribution in [3.63, 3.8) is 0 Å². The predicted molar refractivity (Wildman–Crippen MR) is 73.8 cm³/mol. The minimum absolute atomic E-state index is 0.236. The third kappa shape index (κ3) is 4.89. The van der Waals surface area contributed by atoms with Gasteiger partial charge in [-0.3, -0.25) is 4.79 Å². The van der Waals surface area contributed by atoms with Crippen molar-refractivity contribution in [1.29, 1.82) is 0 Å². The monoisotopic (exact) mass is 333 g/mol. The standard InChI is InChI=1S/C13H17BrFNO3/c1-18-7-5-16(6-8-19-2)13(17)10-3-4-11(14)12(15)9-10/h3-4,9H,5-8H2,1-2H3. The zero-order valence-electron chi connectivity index (χ0n) is 11.0. The van der Waals surface area contributed by atoms with Crippen LogP contribution in [0.2, 0.25) is 0 Å². The molecule has 6 heteroatoms. The Hall–Kier alpha value is -0.980. The molecule has 0 saturated carbocycles. The van der Waals surface area contributed by atoms with Gasteiger partial charge >= 0.3 is 0 Å². The largest absolute Gasteiger partial charge is 0.383 e. The van der Waals surface area contributed by atoms with Crippen molar-refractivity contribution < 1.29 is 18.7 Å². The Morgan fingerprint density at radius 2 is 1.84 bits per heavy atom. The average Bonchev–Trinajstić information content (AvgIpc) is 2.41. The fourth-order valence-corrected chi connectivity index (χ4v) is 1.78. The van der Waals surface area contributed by atoms with Crippen LogP contribution in [0.4, 0.5) is 4.39 Å². The number of halogens is 2. The summed E-state index contributed by atoms with van der Waals surface area (Å²) < 4.78 is 23.7. The summed E-state index contributed by atoms with van der Waals surface area (Å²) in [6.45, 7) is 1.73. The van der Waals surface area contributed by atoms with Crippen LogP contribution in [-0.4, -0.2) is 51.3 Å². The van der Waals surface area contributed by atoms with Crippen LogP contribution in [-0.2, 0) is 9.47 Å². The van der Waals surface area contributed by atoms with E-state index in [1.54, 1.807) is 25.2 Å². The van der Waals surface area contributed by atoms with E-state index in [9.17, 15) is 9.18 Å². The maximum Gasteiger partial charge on any atom is 0.254 e. The third-order valence-corrected chi connectivity index (χ3v) is 3.23. The van der Waals surface area contributed by atoms with Gasteiger partial charge in [0.2, 0.25) is 0 Å². The van der Waals surface area contributed by atoms with E-state index < -0.39 is 5.82 Å². The molecule has 1 aromatic carbocycles. The van der Waals surface area contributed by atoms with E-state index in [0.29, 0.717) is 36.3 Å². The van der Waals surface area contributed by atoms with Crippen molar-refractivity contribution in [3.8, 4) is 0 Å². The van der Waals surface area contributed by atoms with Crippen molar-refractivity contribution in [1.82, 2.24) is 4.90 Å². The van der Waals surface area contributed by atoms with Crippen LogP contribution in [0.15, 0.2) is 22.7 Å². The number of carbonyl (C=O) groups excluding carboxylic acids is 1. The van der Waals surface area contributed by atoms with Gasteiger partial charge in [-0.1, -0.05) is 0 Å². The molecule has 0 fully saturated rings. The molecule has 0 aliphatic carbocycles. The molecule has 0 radical (unpaired) electrons. The van der Waals surface area contributed by atoms with Gasteiger partial charge in [0.25, 0.3) is 5.91 Å². The van der Waals surface area contributed by atoms with Crippen LogP contribution in [0, 0.1) is 5.82 Å². The average molecular weight is 334 g/mol. The molecule has 1 aromatic rings. The topological polar surface area (TPSA) is 38.8 Å². The Morgan fingerprint density at radius 1 is 1.26 bits per heavy atom. The molecule has 4 nitrogen and oxygen atoms in total. The summed E-state index contributed by atoms with van der Waals surface area (Å²) in [5.74, 6) is -0.690. The first kappa shape index (κ1) is 16.1. The van der Waals surface area contributed by atoms with E-state index in [1.807, 2.05) is 0 Å². The lowest BCUT2D eigenvalue weighted by atomic mass is 10.2. The van der Waals surface area contributed by atoms with E-state index in [1.165, 1.54) is 12.1 Å². The van der Waals surface area contributed by atoms with Crippen LogP contribution in [0.3, 0.4) is 0 Å². The molecule has 0 aromatic heterocycles. The maximum atomic E-state index is 13.4. The number of benzene rings is 1. The molecule has 0 spiro atoms. The number of hydrogen-bond acceptors (Lipinski definition) is 3. The zero-order valence-corrected chi connectivity index (χ0v) is 12.6. The van der Waals surface area contributed by atoms with Gasteiger partial charge in [0, 0.05) is 32.9 Å². The fourth-order valence-electron chi connectivity index (χ4n) is 1.53. The van der Waals surface area contributed by atoms with E-state index in [0.717, 1.165) is 0 Å². The third-order valence-electron chi connectivity index (χ3n) is 2.58. The van der Waals surface area contributed by atoms with Gasteiger partial charge in [0.1, 0.15) is 5.82 Å². The van der Waals surface area contributed by atoms with Gasteiger partial charge in [-0.05, 0) is 34.1 Å². The van der Waals surface area contributed by atoms with Crippen LogP contribution in [0.1, 0.15) is 10.4 Å². The summed E-state index contributed by atoms with van der Waals surface area (Å²) in [5, 5.41) is 0. The number of ether oxygens (including phenoxy) is 2. The first-order valence-electron chi connectivity index (χ1n) is 5.82. The summed E-state index contributed by atoms with van der Waals surface area (Å²) in [5.41, 5.74) is 0.313. The normalized spacial score (nSPS) is 10.5. The molecule has 0 aliphatic rings. The van der Waals surface area contributed by atoms with E-state index in [-0.39, 0.29) is 5.91 Å².